The molecule has 3 unspecified atom stereocenters. The van der Waals surface area contributed by atoms with Crippen LogP contribution in [0.25, 0.3) is 0 Å². The van der Waals surface area contributed by atoms with Crippen molar-refractivity contribution >= 4 is 32.9 Å². The molecule has 5 heteroatoms. The summed E-state index contributed by atoms with van der Waals surface area (Å²) in [4.78, 5) is 4.50. The summed E-state index contributed by atoms with van der Waals surface area (Å²) in [6, 6.07) is 0.501. The number of aliphatic imine (C=N–C) groups is 1. The second kappa shape index (κ2) is 5.98. The number of hydrogen-bond donors (Lipinski definition) is 2. The summed E-state index contributed by atoms with van der Waals surface area (Å²) < 4.78 is 0. The van der Waals surface area contributed by atoms with Crippen molar-refractivity contribution < 1.29 is 5.11 Å². The van der Waals surface area contributed by atoms with Gasteiger partial charge in [0, 0.05) is 10.6 Å². The summed E-state index contributed by atoms with van der Waals surface area (Å²) in [5.74, 6) is 0. The van der Waals surface area contributed by atoms with Gasteiger partial charge in [0.25, 0.3) is 0 Å². The fourth-order valence-corrected chi connectivity index (χ4v) is 3.23. The lowest BCUT2D eigenvalue weighted by Gasteiger charge is -2.14. The molecule has 0 amide bonds. The lowest BCUT2D eigenvalue weighted by Crippen LogP contribution is -2.34. The molecule has 82 valence electrons. The highest BCUT2D eigenvalue weighted by atomic mass is 79.9. The molecule has 0 aromatic carbocycles. The Balaban J connectivity index is 2.43. The van der Waals surface area contributed by atoms with Gasteiger partial charge in [-0.2, -0.15) is 0 Å². The zero-order chi connectivity index (χ0) is 10.6. The predicted molar refractivity (Wildman–Crippen MR) is 66.4 cm³/mol. The summed E-state index contributed by atoms with van der Waals surface area (Å²) >= 11 is 5.23. The molecule has 0 bridgehead atoms. The van der Waals surface area contributed by atoms with Gasteiger partial charge in [-0.25, -0.2) is 0 Å². The lowest BCUT2D eigenvalue weighted by molar-refractivity contribution is 0.253. The quantitative estimate of drug-likeness (QED) is 0.769. The fourth-order valence-electron chi connectivity index (χ4n) is 1.22. The highest BCUT2D eigenvalue weighted by molar-refractivity contribution is 9.09. The normalized spacial score (nSPS) is 28.7. The molecule has 14 heavy (non-hydrogen) atoms. The number of halogens is 1. The molecule has 1 heterocycles. The number of rotatable bonds is 4. The number of hydrogen-bond acceptors (Lipinski definition) is 4. The Morgan fingerprint density at radius 2 is 2.43 bits per heavy atom. The predicted octanol–water partition coefficient (Wildman–Crippen LogP) is 1.60. The largest absolute Gasteiger partial charge is 0.394 e. The zero-order valence-electron chi connectivity index (χ0n) is 8.53. The van der Waals surface area contributed by atoms with Crippen molar-refractivity contribution in [1.82, 2.24) is 5.32 Å². The maximum Gasteiger partial charge on any atom is 0.157 e. The van der Waals surface area contributed by atoms with Gasteiger partial charge in [0.2, 0.25) is 0 Å². The number of nitrogens with zero attached hydrogens (tertiary/aromatic N) is 1. The lowest BCUT2D eigenvalue weighted by atomic mass is 10.2. The second-order valence-electron chi connectivity index (χ2n) is 3.42. The van der Waals surface area contributed by atoms with E-state index in [-0.39, 0.29) is 12.6 Å². The van der Waals surface area contributed by atoms with Crippen LogP contribution in [0.5, 0.6) is 0 Å². The van der Waals surface area contributed by atoms with Gasteiger partial charge in [0.15, 0.2) is 5.17 Å². The Morgan fingerprint density at radius 1 is 1.71 bits per heavy atom. The molecule has 1 aliphatic heterocycles. The van der Waals surface area contributed by atoms with E-state index in [4.69, 9.17) is 5.11 Å². The van der Waals surface area contributed by atoms with Crippen molar-refractivity contribution in [2.45, 2.75) is 37.6 Å². The third-order valence-corrected chi connectivity index (χ3v) is 4.75. The summed E-state index contributed by atoms with van der Waals surface area (Å²) in [5.41, 5.74) is 0. The van der Waals surface area contributed by atoms with E-state index in [1.807, 2.05) is 0 Å². The van der Waals surface area contributed by atoms with Crippen molar-refractivity contribution in [1.29, 1.82) is 0 Å². The second-order valence-corrected chi connectivity index (χ2v) is 5.29. The van der Waals surface area contributed by atoms with Crippen LogP contribution in [0.4, 0.5) is 0 Å². The molecule has 0 aromatic rings. The van der Waals surface area contributed by atoms with Gasteiger partial charge >= 0.3 is 0 Å². The van der Waals surface area contributed by atoms with Crippen molar-refractivity contribution in [2.24, 2.45) is 4.99 Å². The van der Waals surface area contributed by atoms with Crippen LogP contribution in [-0.4, -0.2) is 39.5 Å². The summed E-state index contributed by atoms with van der Waals surface area (Å²) in [6.07, 6.45) is 0.920. The van der Waals surface area contributed by atoms with E-state index in [1.54, 1.807) is 11.8 Å². The van der Waals surface area contributed by atoms with Crippen LogP contribution in [0.3, 0.4) is 0 Å². The topological polar surface area (TPSA) is 44.6 Å². The molecule has 0 spiro atoms. The Bertz CT molecular complexity index is 209. The summed E-state index contributed by atoms with van der Waals surface area (Å²) in [7, 11) is 0. The minimum absolute atomic E-state index is 0.141. The number of aliphatic hydroxyl groups excluding tert-OH is 1. The van der Waals surface area contributed by atoms with Gasteiger partial charge in [0.1, 0.15) is 0 Å². The minimum Gasteiger partial charge on any atom is -0.394 e. The van der Waals surface area contributed by atoms with Crippen LogP contribution < -0.4 is 5.32 Å². The average Bonchev–Trinajstić information content (AvgIpc) is 2.55. The zero-order valence-corrected chi connectivity index (χ0v) is 10.9. The molecule has 0 aromatic heterocycles. The highest BCUT2D eigenvalue weighted by Crippen LogP contribution is 2.27. The molecule has 2 N–H and O–H groups in total. The Hall–Kier alpha value is 0.260. The van der Waals surface area contributed by atoms with E-state index >= 15 is 0 Å². The van der Waals surface area contributed by atoms with E-state index in [2.05, 4.69) is 40.1 Å². The minimum atomic E-state index is 0.141. The van der Waals surface area contributed by atoms with E-state index in [0.717, 1.165) is 16.9 Å². The summed E-state index contributed by atoms with van der Waals surface area (Å²) in [5, 5.41) is 14.8. The molecule has 0 aliphatic carbocycles. The molecule has 0 saturated heterocycles. The SMILES string of the molecule is CCC(CO)NC1=NC(C)C(CBr)S1. The smallest absolute Gasteiger partial charge is 0.157 e. The van der Waals surface area contributed by atoms with Crippen LogP contribution in [0.1, 0.15) is 20.3 Å². The fraction of sp³-hybridized carbons (Fsp3) is 0.889. The van der Waals surface area contributed by atoms with Gasteiger partial charge in [-0.1, -0.05) is 34.6 Å². The standard InChI is InChI=1S/C9H17BrN2OS/c1-3-7(5-13)12-9-11-6(2)8(4-10)14-9/h6-8,13H,3-5H2,1-2H3,(H,11,12). The highest BCUT2D eigenvalue weighted by Gasteiger charge is 2.26. The van der Waals surface area contributed by atoms with Gasteiger partial charge < -0.3 is 10.4 Å². The van der Waals surface area contributed by atoms with E-state index in [0.29, 0.717) is 11.3 Å². The maximum atomic E-state index is 9.04. The number of thioether (sulfide) groups is 1. The molecule has 0 saturated carbocycles. The van der Waals surface area contributed by atoms with Crippen molar-refractivity contribution in [2.75, 3.05) is 11.9 Å². The first-order chi connectivity index (χ1) is 6.71. The first-order valence-electron chi connectivity index (χ1n) is 4.89. The Morgan fingerprint density at radius 3 is 2.86 bits per heavy atom. The molecule has 1 rings (SSSR count). The third-order valence-electron chi connectivity index (χ3n) is 2.31. The average molecular weight is 281 g/mol. The number of alkyl halides is 1. The summed E-state index contributed by atoms with van der Waals surface area (Å²) in [6.45, 7) is 4.34. The van der Waals surface area contributed by atoms with Gasteiger partial charge in [-0.05, 0) is 13.3 Å². The van der Waals surface area contributed by atoms with Crippen LogP contribution in [0.15, 0.2) is 4.99 Å². The molecule has 1 aliphatic rings. The van der Waals surface area contributed by atoms with Crippen LogP contribution >= 0.6 is 27.7 Å². The molecular weight excluding hydrogens is 264 g/mol. The van der Waals surface area contributed by atoms with Crippen molar-refractivity contribution in [3.63, 3.8) is 0 Å². The van der Waals surface area contributed by atoms with Crippen molar-refractivity contribution in [3.8, 4) is 0 Å². The molecule has 3 nitrogen and oxygen atoms in total. The Labute approximate surface area is 97.9 Å². The first-order valence-corrected chi connectivity index (χ1v) is 6.89. The number of nitrogens with one attached hydrogen (secondary N) is 1. The van der Waals surface area contributed by atoms with Crippen LogP contribution in [-0.2, 0) is 0 Å². The Kier molecular flexibility index (Phi) is 5.26. The van der Waals surface area contributed by atoms with Crippen molar-refractivity contribution in [3.05, 3.63) is 0 Å². The molecule has 3 atom stereocenters. The van der Waals surface area contributed by atoms with Crippen LogP contribution in [0, 0.1) is 0 Å². The van der Waals surface area contributed by atoms with Gasteiger partial charge in [-0.3, -0.25) is 4.99 Å². The van der Waals surface area contributed by atoms with Gasteiger partial charge in [0.05, 0.1) is 18.7 Å². The number of aliphatic hydroxyl groups is 1. The van der Waals surface area contributed by atoms with Gasteiger partial charge in [-0.15, -0.1) is 0 Å². The maximum absolute atomic E-state index is 9.04. The van der Waals surface area contributed by atoms with E-state index in [9.17, 15) is 0 Å². The first kappa shape index (κ1) is 12.3. The number of amidine groups is 1. The third kappa shape index (κ3) is 3.14. The monoisotopic (exact) mass is 280 g/mol. The molecule has 0 fully saturated rings. The molecule has 0 radical (unpaired) electrons. The van der Waals surface area contributed by atoms with Crippen LogP contribution in [0.2, 0.25) is 0 Å². The van der Waals surface area contributed by atoms with E-state index < -0.39 is 0 Å². The molecular formula is C9H17BrN2OS. The van der Waals surface area contributed by atoms with E-state index in [1.165, 1.54) is 0 Å².